The van der Waals surface area contributed by atoms with Crippen LogP contribution in [0.3, 0.4) is 0 Å². The van der Waals surface area contributed by atoms with E-state index >= 15 is 0 Å². The molecule has 0 spiro atoms. The summed E-state index contributed by atoms with van der Waals surface area (Å²) in [6.45, 7) is 2.11. The van der Waals surface area contributed by atoms with Gasteiger partial charge in [0.25, 0.3) is 0 Å². The third-order valence-corrected chi connectivity index (χ3v) is 6.74. The van der Waals surface area contributed by atoms with Gasteiger partial charge in [0.15, 0.2) is 0 Å². The largest absolute Gasteiger partial charge is 0.0870 e. The Balaban J connectivity index is 1.92. The Kier molecular flexibility index (Phi) is 5.48. The minimum absolute atomic E-state index is 1.23. The monoisotopic (exact) mass is 446 g/mol. The molecular weight excluding hydrogens is 420 g/mol. The lowest BCUT2D eigenvalue weighted by Crippen LogP contribution is -1.97. The Morgan fingerprint density at radius 2 is 0.857 bits per heavy atom. The van der Waals surface area contributed by atoms with Gasteiger partial charge >= 0.3 is 0 Å². The van der Waals surface area contributed by atoms with Crippen molar-refractivity contribution in [2.24, 2.45) is 0 Å². The molecule has 35 heavy (non-hydrogen) atoms. The average molecular weight is 447 g/mol. The predicted molar refractivity (Wildman–Crippen MR) is 152 cm³/mol. The summed E-state index contributed by atoms with van der Waals surface area (Å²) in [6, 6.07) is 45.9. The summed E-state index contributed by atoms with van der Waals surface area (Å²) in [5.74, 6) is 0. The zero-order valence-electron chi connectivity index (χ0n) is 19.8. The Bertz CT molecular complexity index is 1660. The van der Waals surface area contributed by atoms with Crippen LogP contribution >= 0.6 is 0 Å². The third-order valence-electron chi connectivity index (χ3n) is 6.74. The van der Waals surface area contributed by atoms with Gasteiger partial charge in [0.05, 0.1) is 0 Å². The van der Waals surface area contributed by atoms with Crippen LogP contribution in [0.25, 0.3) is 61.0 Å². The molecule has 0 unspecified atom stereocenters. The van der Waals surface area contributed by atoms with Gasteiger partial charge in [0.1, 0.15) is 0 Å². The maximum Gasteiger partial charge on any atom is -0.00143 e. The lowest BCUT2D eigenvalue weighted by molar-refractivity contribution is 1.57. The molecule has 0 amide bonds. The number of fused-ring (bicyclic) bond motifs is 2. The molecule has 0 aliphatic carbocycles. The first-order valence-electron chi connectivity index (χ1n) is 12.2. The van der Waals surface area contributed by atoms with E-state index in [1.54, 1.807) is 0 Å². The van der Waals surface area contributed by atoms with Crippen LogP contribution in [0.5, 0.6) is 0 Å². The first-order chi connectivity index (χ1) is 17.3. The molecule has 0 aliphatic heterocycles. The molecule has 0 aromatic heterocycles. The molecule has 0 fully saturated rings. The summed E-state index contributed by atoms with van der Waals surface area (Å²) < 4.78 is 0. The van der Waals surface area contributed by atoms with Crippen LogP contribution in [0.15, 0.2) is 133 Å². The maximum absolute atomic E-state index is 2.38. The molecule has 6 rings (SSSR count). The van der Waals surface area contributed by atoms with E-state index in [1.165, 1.54) is 60.5 Å². The van der Waals surface area contributed by atoms with Crippen molar-refractivity contribution >= 4 is 27.6 Å². The molecule has 0 heterocycles. The Labute approximate surface area is 206 Å². The van der Waals surface area contributed by atoms with Crippen molar-refractivity contribution in [2.45, 2.75) is 6.92 Å². The third kappa shape index (κ3) is 3.74. The molecular formula is C35H26. The van der Waals surface area contributed by atoms with Crippen molar-refractivity contribution in [1.29, 1.82) is 0 Å². The van der Waals surface area contributed by atoms with Crippen molar-refractivity contribution in [3.8, 4) is 33.4 Å². The van der Waals surface area contributed by atoms with E-state index in [1.807, 2.05) is 0 Å². The lowest BCUT2D eigenvalue weighted by Gasteiger charge is -2.23. The summed E-state index contributed by atoms with van der Waals surface area (Å²) in [4.78, 5) is 0. The molecule has 166 valence electrons. The number of benzene rings is 6. The summed E-state index contributed by atoms with van der Waals surface area (Å²) in [5, 5.41) is 5.08. The zero-order chi connectivity index (χ0) is 23.6. The van der Waals surface area contributed by atoms with E-state index in [4.69, 9.17) is 0 Å². The molecule has 0 radical (unpaired) electrons. The highest BCUT2D eigenvalue weighted by Gasteiger charge is 2.22. The second-order valence-electron chi connectivity index (χ2n) is 8.88. The van der Waals surface area contributed by atoms with Gasteiger partial charge in [-0.2, -0.15) is 0 Å². The van der Waals surface area contributed by atoms with Gasteiger partial charge < -0.3 is 0 Å². The molecule has 0 saturated heterocycles. The molecule has 0 nitrogen and oxygen atoms in total. The van der Waals surface area contributed by atoms with Crippen molar-refractivity contribution < 1.29 is 0 Å². The van der Waals surface area contributed by atoms with E-state index in [2.05, 4.69) is 146 Å². The average Bonchev–Trinajstić information content (AvgIpc) is 2.93. The summed E-state index contributed by atoms with van der Waals surface area (Å²) >= 11 is 0. The van der Waals surface area contributed by atoms with Crippen LogP contribution in [0.1, 0.15) is 12.5 Å². The van der Waals surface area contributed by atoms with Gasteiger partial charge in [-0.15, -0.1) is 0 Å². The zero-order valence-corrected chi connectivity index (χ0v) is 19.8. The van der Waals surface area contributed by atoms with Crippen LogP contribution in [-0.2, 0) is 0 Å². The second kappa shape index (κ2) is 9.08. The predicted octanol–water partition coefficient (Wildman–Crippen LogP) is 10.0. The minimum Gasteiger partial charge on any atom is -0.0870 e. The van der Waals surface area contributed by atoms with Crippen molar-refractivity contribution in [3.05, 3.63) is 139 Å². The molecule has 0 heteroatoms. The fourth-order valence-electron chi connectivity index (χ4n) is 5.24. The summed E-state index contributed by atoms with van der Waals surface area (Å²) in [7, 11) is 0. The number of hydrogen-bond donors (Lipinski definition) is 0. The van der Waals surface area contributed by atoms with E-state index in [0.717, 1.165) is 0 Å². The fourth-order valence-corrected chi connectivity index (χ4v) is 5.24. The van der Waals surface area contributed by atoms with Gasteiger partial charge in [0.2, 0.25) is 0 Å². The normalized spacial score (nSPS) is 11.5. The van der Waals surface area contributed by atoms with Gasteiger partial charge in [0, 0.05) is 0 Å². The molecule has 6 aromatic carbocycles. The quantitative estimate of drug-likeness (QED) is 0.236. The first kappa shape index (κ1) is 21.1. The molecule has 0 saturated carbocycles. The molecule has 0 N–H and O–H groups in total. The Hall–Kier alpha value is -4.42. The van der Waals surface area contributed by atoms with Gasteiger partial charge in [-0.25, -0.2) is 0 Å². The maximum atomic E-state index is 2.38. The molecule has 6 aromatic rings. The summed E-state index contributed by atoms with van der Waals surface area (Å²) in [5.41, 5.74) is 8.78. The van der Waals surface area contributed by atoms with Crippen LogP contribution in [-0.4, -0.2) is 0 Å². The topological polar surface area (TPSA) is 0 Å². The lowest BCUT2D eigenvalue weighted by atomic mass is 9.80. The number of hydrogen-bond acceptors (Lipinski definition) is 0. The molecule has 0 bridgehead atoms. The van der Waals surface area contributed by atoms with Gasteiger partial charge in [-0.05, 0) is 79.5 Å². The van der Waals surface area contributed by atoms with E-state index in [-0.39, 0.29) is 0 Å². The van der Waals surface area contributed by atoms with Crippen LogP contribution in [0, 0.1) is 0 Å². The first-order valence-corrected chi connectivity index (χ1v) is 12.2. The van der Waals surface area contributed by atoms with E-state index in [0.29, 0.717) is 0 Å². The minimum atomic E-state index is 1.23. The molecule has 0 atom stereocenters. The fraction of sp³-hybridized carbons (Fsp3) is 0.0286. The van der Waals surface area contributed by atoms with Crippen LogP contribution in [0.4, 0.5) is 0 Å². The Morgan fingerprint density at radius 3 is 1.37 bits per heavy atom. The number of allylic oxidation sites excluding steroid dienone is 1. The van der Waals surface area contributed by atoms with E-state index < -0.39 is 0 Å². The van der Waals surface area contributed by atoms with Crippen LogP contribution < -0.4 is 0 Å². The van der Waals surface area contributed by atoms with Gasteiger partial charge in [-0.3, -0.25) is 0 Å². The van der Waals surface area contributed by atoms with Crippen molar-refractivity contribution in [2.75, 3.05) is 0 Å². The van der Waals surface area contributed by atoms with Crippen LogP contribution in [0.2, 0.25) is 0 Å². The molecule has 0 aliphatic rings. The summed E-state index contributed by atoms with van der Waals surface area (Å²) in [6.07, 6.45) is 4.44. The highest BCUT2D eigenvalue weighted by Crippen LogP contribution is 2.48. The Morgan fingerprint density at radius 1 is 0.429 bits per heavy atom. The number of rotatable bonds is 4. The van der Waals surface area contributed by atoms with Crippen molar-refractivity contribution in [1.82, 2.24) is 0 Å². The van der Waals surface area contributed by atoms with Crippen molar-refractivity contribution in [3.63, 3.8) is 0 Å². The highest BCUT2D eigenvalue weighted by atomic mass is 14.2. The highest BCUT2D eigenvalue weighted by molar-refractivity contribution is 6.17. The van der Waals surface area contributed by atoms with Gasteiger partial charge in [-0.1, -0.05) is 127 Å². The standard InChI is InChI=1S/C35H26/c1-2-14-30-31-23-28-21-12-13-22-29(28)24-32(31)34(26-17-8-4-9-18-26)35(27-19-10-5-11-20-27)33(30)25-15-6-3-7-16-25/h2-24H,1H3/b14-2+. The van der Waals surface area contributed by atoms with E-state index in [9.17, 15) is 0 Å². The smallest absolute Gasteiger partial charge is 0.00143 e. The SMILES string of the molecule is C/C=C/c1c(-c2ccccc2)c(-c2ccccc2)c(-c2ccccc2)c2cc3ccccc3cc12. The second-order valence-corrected chi connectivity index (χ2v) is 8.88.